The summed E-state index contributed by atoms with van der Waals surface area (Å²) in [5.41, 5.74) is 0.785. The average Bonchev–Trinajstić information content (AvgIpc) is 2.91. The van der Waals surface area contributed by atoms with Crippen molar-refractivity contribution in [3.05, 3.63) is 27.1 Å². The molecule has 1 aliphatic heterocycles. The molecular weight excluding hydrogens is 490 g/mol. The van der Waals surface area contributed by atoms with Gasteiger partial charge >= 0.3 is 5.97 Å². The molecule has 1 saturated heterocycles. The molecule has 1 aromatic carbocycles. The lowest BCUT2D eigenvalue weighted by atomic mass is 10.1. The van der Waals surface area contributed by atoms with Crippen molar-refractivity contribution in [3.8, 4) is 11.5 Å². The molecule has 9 heteroatoms. The summed E-state index contributed by atoms with van der Waals surface area (Å²) in [5, 5.41) is 8.79. The molecule has 1 N–H and O–H groups in total. The van der Waals surface area contributed by atoms with E-state index in [9.17, 15) is 9.59 Å². The Morgan fingerprint density at radius 3 is 2.73 bits per heavy atom. The van der Waals surface area contributed by atoms with Gasteiger partial charge in [-0.1, -0.05) is 37.8 Å². The Balaban J connectivity index is 2.20. The fourth-order valence-electron chi connectivity index (χ4n) is 2.70. The lowest BCUT2D eigenvalue weighted by molar-refractivity contribution is -0.137. The number of carboxylic acid groups (broad SMARTS) is 1. The highest BCUT2D eigenvalue weighted by Crippen LogP contribution is 2.39. The van der Waals surface area contributed by atoms with E-state index in [0.717, 1.165) is 16.5 Å². The zero-order valence-corrected chi connectivity index (χ0v) is 20.5. The second-order valence-electron chi connectivity index (χ2n) is 7.12. The van der Waals surface area contributed by atoms with Crippen LogP contribution in [0.25, 0.3) is 6.08 Å². The van der Waals surface area contributed by atoms with Gasteiger partial charge in [-0.25, -0.2) is 0 Å². The third-order valence-electron chi connectivity index (χ3n) is 4.22. The Morgan fingerprint density at radius 2 is 2.10 bits per heavy atom. The molecule has 0 radical (unpaired) electrons. The summed E-state index contributed by atoms with van der Waals surface area (Å²) in [6.45, 7) is 7.56. The van der Waals surface area contributed by atoms with Gasteiger partial charge in [0.25, 0.3) is 5.91 Å². The molecule has 0 aromatic heterocycles. The van der Waals surface area contributed by atoms with Gasteiger partial charge in [-0.3, -0.25) is 14.5 Å². The molecule has 30 heavy (non-hydrogen) atoms. The minimum absolute atomic E-state index is 0.000950. The summed E-state index contributed by atoms with van der Waals surface area (Å²) < 4.78 is 12.9. The Bertz CT molecular complexity index is 841. The minimum atomic E-state index is -0.889. The van der Waals surface area contributed by atoms with Gasteiger partial charge in [-0.15, -0.1) is 0 Å². The average molecular weight is 516 g/mol. The van der Waals surface area contributed by atoms with Crippen molar-refractivity contribution in [1.82, 2.24) is 4.90 Å². The van der Waals surface area contributed by atoms with Crippen molar-refractivity contribution in [2.24, 2.45) is 5.92 Å². The fourth-order valence-corrected chi connectivity index (χ4v) is 4.59. The van der Waals surface area contributed by atoms with Crippen LogP contribution in [0.1, 0.15) is 45.6 Å². The number of carbonyl (C=O) groups excluding carboxylic acids is 1. The van der Waals surface area contributed by atoms with Crippen molar-refractivity contribution >= 4 is 62.2 Å². The number of thiocarbonyl (C=S) groups is 1. The van der Waals surface area contributed by atoms with E-state index in [1.807, 2.05) is 19.1 Å². The number of ether oxygens (including phenoxy) is 2. The van der Waals surface area contributed by atoms with E-state index in [0.29, 0.717) is 52.8 Å². The zero-order valence-electron chi connectivity index (χ0n) is 17.3. The molecule has 1 heterocycles. The first-order chi connectivity index (χ1) is 14.2. The Labute approximate surface area is 195 Å². The number of aliphatic carboxylic acids is 1. The zero-order chi connectivity index (χ0) is 22.3. The van der Waals surface area contributed by atoms with Gasteiger partial charge in [-0.05, 0) is 65.4 Å². The summed E-state index contributed by atoms with van der Waals surface area (Å²) in [6, 6.07) is 3.72. The maximum atomic E-state index is 12.7. The molecule has 1 aliphatic rings. The summed E-state index contributed by atoms with van der Waals surface area (Å²) >= 11 is 10.1. The second-order valence-corrected chi connectivity index (χ2v) is 9.65. The minimum Gasteiger partial charge on any atom is -0.490 e. The number of benzene rings is 1. The number of halogens is 1. The molecule has 0 bridgehead atoms. The lowest BCUT2D eigenvalue weighted by Crippen LogP contribution is -2.29. The van der Waals surface area contributed by atoms with Crippen LogP contribution in [0.2, 0.25) is 0 Å². The molecule has 0 saturated carbocycles. The van der Waals surface area contributed by atoms with Crippen LogP contribution in [0.15, 0.2) is 21.5 Å². The molecule has 0 atom stereocenters. The summed E-state index contributed by atoms with van der Waals surface area (Å²) in [4.78, 5) is 25.4. The predicted octanol–water partition coefficient (Wildman–Crippen LogP) is 5.34. The van der Waals surface area contributed by atoms with Gasteiger partial charge in [0, 0.05) is 13.0 Å². The molecule has 1 aromatic rings. The van der Waals surface area contributed by atoms with Gasteiger partial charge in [0.2, 0.25) is 0 Å². The van der Waals surface area contributed by atoms with Crippen molar-refractivity contribution in [2.45, 2.75) is 40.0 Å². The Hall–Kier alpha value is -1.58. The van der Waals surface area contributed by atoms with Gasteiger partial charge in [0.05, 0.1) is 22.6 Å². The third-order valence-corrected chi connectivity index (χ3v) is 6.18. The van der Waals surface area contributed by atoms with Crippen molar-refractivity contribution in [2.75, 3.05) is 19.8 Å². The molecule has 0 spiro atoms. The largest absolute Gasteiger partial charge is 0.490 e. The fraction of sp³-hybridized carbons (Fsp3) is 0.476. The maximum Gasteiger partial charge on any atom is 0.303 e. The van der Waals surface area contributed by atoms with Gasteiger partial charge in [0.1, 0.15) is 4.32 Å². The quantitative estimate of drug-likeness (QED) is 0.314. The molecule has 2 rings (SSSR count). The topological polar surface area (TPSA) is 76.1 Å². The van der Waals surface area contributed by atoms with E-state index in [-0.39, 0.29) is 12.3 Å². The highest BCUT2D eigenvalue weighted by Gasteiger charge is 2.31. The summed E-state index contributed by atoms with van der Waals surface area (Å²) in [6.07, 6.45) is 3.06. The van der Waals surface area contributed by atoms with Crippen LogP contribution in [0.3, 0.4) is 0 Å². The smallest absolute Gasteiger partial charge is 0.303 e. The van der Waals surface area contributed by atoms with E-state index in [1.165, 1.54) is 16.7 Å². The van der Waals surface area contributed by atoms with Crippen LogP contribution >= 0.6 is 39.9 Å². The first kappa shape index (κ1) is 24.7. The monoisotopic (exact) mass is 515 g/mol. The van der Waals surface area contributed by atoms with Crippen LogP contribution in [-0.2, 0) is 9.59 Å². The molecule has 0 aliphatic carbocycles. The molecule has 164 valence electrons. The molecule has 0 unspecified atom stereocenters. The number of nitrogens with zero attached hydrogens (tertiary/aromatic N) is 1. The number of amides is 1. The van der Waals surface area contributed by atoms with Crippen molar-refractivity contribution in [3.63, 3.8) is 0 Å². The van der Waals surface area contributed by atoms with Gasteiger partial charge in [-0.2, -0.15) is 0 Å². The molecule has 1 amide bonds. The van der Waals surface area contributed by atoms with Gasteiger partial charge in [0.15, 0.2) is 11.5 Å². The van der Waals surface area contributed by atoms with Crippen molar-refractivity contribution in [1.29, 1.82) is 0 Å². The van der Waals surface area contributed by atoms with Gasteiger partial charge < -0.3 is 14.6 Å². The van der Waals surface area contributed by atoms with Crippen LogP contribution < -0.4 is 9.47 Å². The van der Waals surface area contributed by atoms with E-state index < -0.39 is 5.97 Å². The van der Waals surface area contributed by atoms with E-state index >= 15 is 0 Å². The van der Waals surface area contributed by atoms with E-state index in [2.05, 4.69) is 29.8 Å². The van der Waals surface area contributed by atoms with E-state index in [4.69, 9.17) is 26.8 Å². The van der Waals surface area contributed by atoms with E-state index in [1.54, 1.807) is 6.08 Å². The Kier molecular flexibility index (Phi) is 9.64. The highest BCUT2D eigenvalue weighted by molar-refractivity contribution is 9.10. The van der Waals surface area contributed by atoms with Crippen LogP contribution in [0.4, 0.5) is 0 Å². The molecular formula is C21H26BrNO5S2. The van der Waals surface area contributed by atoms with Crippen LogP contribution in [0, 0.1) is 5.92 Å². The number of hydrogen-bond donors (Lipinski definition) is 1. The first-order valence-electron chi connectivity index (χ1n) is 9.79. The van der Waals surface area contributed by atoms with Crippen LogP contribution in [-0.4, -0.2) is 46.0 Å². The number of thioether (sulfide) groups is 1. The molecule has 1 fully saturated rings. The standard InChI is InChI=1S/C21H26BrNO5S2/c1-4-27-16-11-14(10-15(22)19(16)28-9-7-13(2)3)12-17-20(26)23(21(29)30-17)8-5-6-18(24)25/h10-13H,4-9H2,1-3H3,(H,24,25)/b17-12+. The first-order valence-corrected chi connectivity index (χ1v) is 11.8. The summed E-state index contributed by atoms with van der Waals surface area (Å²) in [7, 11) is 0. The summed E-state index contributed by atoms with van der Waals surface area (Å²) in [5.74, 6) is 0.701. The van der Waals surface area contributed by atoms with Crippen molar-refractivity contribution < 1.29 is 24.2 Å². The maximum absolute atomic E-state index is 12.7. The SMILES string of the molecule is CCOc1cc(/C=C2/SC(=S)N(CCCC(=O)O)C2=O)cc(Br)c1OCCC(C)C. The number of carboxylic acids is 1. The number of hydrogen-bond acceptors (Lipinski definition) is 6. The lowest BCUT2D eigenvalue weighted by Gasteiger charge is -2.15. The third kappa shape index (κ3) is 6.99. The molecule has 6 nitrogen and oxygen atoms in total. The predicted molar refractivity (Wildman–Crippen MR) is 127 cm³/mol. The highest BCUT2D eigenvalue weighted by atomic mass is 79.9. The normalized spacial score (nSPS) is 15.4. The van der Waals surface area contributed by atoms with Crippen LogP contribution in [0.5, 0.6) is 11.5 Å². The second kappa shape index (κ2) is 11.7. The number of rotatable bonds is 11. The number of carbonyl (C=O) groups is 2. The Morgan fingerprint density at radius 1 is 1.37 bits per heavy atom.